The fourth-order valence-corrected chi connectivity index (χ4v) is 16.4. The first-order chi connectivity index (χ1) is 21.1. The molecule has 230 valence electrons. The molecule has 2 aliphatic heterocycles. The van der Waals surface area contributed by atoms with Crippen molar-refractivity contribution in [3.63, 3.8) is 0 Å². The highest BCUT2D eigenvalue weighted by molar-refractivity contribution is 6.99. The Balaban J connectivity index is 1.37. The van der Waals surface area contributed by atoms with Crippen LogP contribution in [0.4, 0.5) is 0 Å². The van der Waals surface area contributed by atoms with Crippen molar-refractivity contribution in [2.45, 2.75) is 63.5 Å². The largest absolute Gasteiger partial charge is 0.424 e. The standard InChI is InChI=1S/C38H46O4Si2/c1-37(2,3)44(32-22-14-8-15-23-32,33-24-16-9-17-25-33)42-34-28-41-36-35(34)29(27-40-36)26-38(4,5)43(39,30-18-10-6-11-19-30)31-20-12-7-13-21-31/h6-25,29,34-36,39H,26-28H2,1-5H3/t29-,34-,35?,36?/m0/s1. The third kappa shape index (κ3) is 5.36. The zero-order chi connectivity index (χ0) is 31.0. The molecule has 0 aromatic heterocycles. The number of ether oxygens (including phenoxy) is 2. The van der Waals surface area contributed by atoms with E-state index in [9.17, 15) is 4.80 Å². The Bertz CT molecular complexity index is 1430. The fraction of sp³-hybridized carbons (Fsp3) is 0.368. The molecule has 1 N–H and O–H groups in total. The molecule has 2 aliphatic rings. The number of rotatable bonds is 9. The minimum atomic E-state index is -3.17. The Morgan fingerprint density at radius 1 is 0.636 bits per heavy atom. The van der Waals surface area contributed by atoms with E-state index < -0.39 is 16.6 Å². The van der Waals surface area contributed by atoms with Gasteiger partial charge in [0.25, 0.3) is 16.6 Å². The van der Waals surface area contributed by atoms with E-state index >= 15 is 0 Å². The Morgan fingerprint density at radius 3 is 1.48 bits per heavy atom. The highest BCUT2D eigenvalue weighted by atomic mass is 28.4. The van der Waals surface area contributed by atoms with Gasteiger partial charge in [-0.3, -0.25) is 0 Å². The molecule has 6 rings (SSSR count). The molecular weight excluding hydrogens is 577 g/mol. The molecule has 2 saturated heterocycles. The molecule has 2 fully saturated rings. The lowest BCUT2D eigenvalue weighted by Gasteiger charge is -2.46. The maximum absolute atomic E-state index is 12.9. The maximum Gasteiger partial charge on any atom is 0.261 e. The van der Waals surface area contributed by atoms with Crippen LogP contribution in [0.15, 0.2) is 121 Å². The summed E-state index contributed by atoms with van der Waals surface area (Å²) >= 11 is 0. The van der Waals surface area contributed by atoms with E-state index in [1.165, 1.54) is 10.4 Å². The van der Waals surface area contributed by atoms with Gasteiger partial charge in [0.15, 0.2) is 6.29 Å². The number of hydrogen-bond acceptors (Lipinski definition) is 4. The first-order valence-electron chi connectivity index (χ1n) is 15.9. The van der Waals surface area contributed by atoms with Crippen molar-refractivity contribution >= 4 is 37.4 Å². The molecule has 4 nitrogen and oxygen atoms in total. The zero-order valence-corrected chi connectivity index (χ0v) is 28.6. The van der Waals surface area contributed by atoms with Crippen LogP contribution in [-0.2, 0) is 13.9 Å². The molecule has 4 aromatic carbocycles. The molecule has 4 aromatic rings. The normalized spacial score (nSPS) is 22.6. The van der Waals surface area contributed by atoms with E-state index in [4.69, 9.17) is 13.9 Å². The van der Waals surface area contributed by atoms with Gasteiger partial charge in [-0.1, -0.05) is 156 Å². The molecule has 0 amide bonds. The fourth-order valence-electron chi connectivity index (χ4n) is 7.94. The van der Waals surface area contributed by atoms with Crippen LogP contribution in [-0.4, -0.2) is 47.0 Å². The maximum atomic E-state index is 12.9. The lowest BCUT2D eigenvalue weighted by Crippen LogP contribution is -2.68. The highest BCUT2D eigenvalue weighted by Gasteiger charge is 2.59. The average Bonchev–Trinajstić information content (AvgIpc) is 3.63. The Hall–Kier alpha value is -2.85. The molecule has 0 aliphatic carbocycles. The highest BCUT2D eigenvalue weighted by Crippen LogP contribution is 2.50. The lowest BCUT2D eigenvalue weighted by molar-refractivity contribution is -0.0908. The minimum Gasteiger partial charge on any atom is -0.424 e. The van der Waals surface area contributed by atoms with Crippen LogP contribution in [0.2, 0.25) is 10.1 Å². The van der Waals surface area contributed by atoms with Gasteiger partial charge in [-0.25, -0.2) is 0 Å². The van der Waals surface area contributed by atoms with Crippen molar-refractivity contribution in [2.75, 3.05) is 13.2 Å². The van der Waals surface area contributed by atoms with Gasteiger partial charge >= 0.3 is 0 Å². The second-order valence-electron chi connectivity index (χ2n) is 14.2. The SMILES string of the molecule is CC(C)(C[C@H]1COC2OC[C@H](O[Si](c3ccccc3)(c3ccccc3)C(C)(C)C)C21)[Si](O)(c1ccccc1)c1ccccc1. The summed E-state index contributed by atoms with van der Waals surface area (Å²) in [5.74, 6) is 0.271. The molecular formula is C38H46O4Si2. The molecule has 2 heterocycles. The monoisotopic (exact) mass is 622 g/mol. The summed E-state index contributed by atoms with van der Waals surface area (Å²) in [5.41, 5.74) is 0. The molecule has 0 saturated carbocycles. The van der Waals surface area contributed by atoms with Crippen LogP contribution >= 0.6 is 0 Å². The Morgan fingerprint density at radius 2 is 1.05 bits per heavy atom. The first kappa shape index (κ1) is 31.1. The number of hydrogen-bond donors (Lipinski definition) is 1. The molecule has 6 heteroatoms. The van der Waals surface area contributed by atoms with Crippen molar-refractivity contribution in [3.8, 4) is 0 Å². The zero-order valence-electron chi connectivity index (χ0n) is 26.6. The minimum absolute atomic E-state index is 0.0840. The van der Waals surface area contributed by atoms with Crippen molar-refractivity contribution in [1.82, 2.24) is 0 Å². The van der Waals surface area contributed by atoms with E-state index in [-0.39, 0.29) is 34.3 Å². The summed E-state index contributed by atoms with van der Waals surface area (Å²) in [6, 6.07) is 42.3. The van der Waals surface area contributed by atoms with Gasteiger partial charge in [-0.05, 0) is 43.2 Å². The van der Waals surface area contributed by atoms with Crippen LogP contribution < -0.4 is 20.7 Å². The van der Waals surface area contributed by atoms with E-state index in [1.807, 2.05) is 36.4 Å². The van der Waals surface area contributed by atoms with Crippen molar-refractivity contribution < 1.29 is 18.7 Å². The Kier molecular flexibility index (Phi) is 8.61. The van der Waals surface area contributed by atoms with Gasteiger partial charge < -0.3 is 18.7 Å². The second kappa shape index (κ2) is 12.2. The predicted molar refractivity (Wildman–Crippen MR) is 184 cm³/mol. The third-order valence-electron chi connectivity index (χ3n) is 10.1. The molecule has 44 heavy (non-hydrogen) atoms. The smallest absolute Gasteiger partial charge is 0.261 e. The third-order valence-corrected chi connectivity index (χ3v) is 19.6. The molecule has 4 atom stereocenters. The predicted octanol–water partition coefficient (Wildman–Crippen LogP) is 5.47. The van der Waals surface area contributed by atoms with E-state index in [2.05, 4.69) is 120 Å². The second-order valence-corrected chi connectivity index (χ2v) is 22.4. The van der Waals surface area contributed by atoms with E-state index in [0.717, 1.165) is 16.8 Å². The van der Waals surface area contributed by atoms with Crippen LogP contribution in [0, 0.1) is 11.8 Å². The molecule has 2 unspecified atom stereocenters. The van der Waals surface area contributed by atoms with E-state index in [1.54, 1.807) is 0 Å². The summed E-state index contributed by atoms with van der Waals surface area (Å²) in [5, 5.41) is 4.10. The van der Waals surface area contributed by atoms with Crippen LogP contribution in [0.5, 0.6) is 0 Å². The lowest BCUT2D eigenvalue weighted by atomic mass is 9.84. The van der Waals surface area contributed by atoms with Gasteiger partial charge in [0.1, 0.15) is 0 Å². The summed E-state index contributed by atoms with van der Waals surface area (Å²) in [6.45, 7) is 12.6. The van der Waals surface area contributed by atoms with Crippen LogP contribution in [0.1, 0.15) is 41.0 Å². The summed E-state index contributed by atoms with van der Waals surface area (Å²) in [6.07, 6.45) is 0.407. The van der Waals surface area contributed by atoms with Gasteiger partial charge in [0.05, 0.1) is 19.3 Å². The average molecular weight is 623 g/mol. The summed E-state index contributed by atoms with van der Waals surface area (Å²) in [7, 11) is -5.95. The first-order valence-corrected chi connectivity index (χ1v) is 19.8. The van der Waals surface area contributed by atoms with Gasteiger partial charge in [0.2, 0.25) is 0 Å². The molecule has 0 spiro atoms. The van der Waals surface area contributed by atoms with Crippen molar-refractivity contribution in [3.05, 3.63) is 121 Å². The quantitative estimate of drug-likeness (QED) is 0.252. The Labute approximate surface area is 265 Å². The van der Waals surface area contributed by atoms with E-state index in [0.29, 0.717) is 13.2 Å². The topological polar surface area (TPSA) is 47.9 Å². The van der Waals surface area contributed by atoms with Gasteiger partial charge in [0, 0.05) is 5.92 Å². The number of fused-ring (bicyclic) bond motifs is 1. The van der Waals surface area contributed by atoms with Crippen LogP contribution in [0.3, 0.4) is 0 Å². The van der Waals surface area contributed by atoms with Crippen molar-refractivity contribution in [1.29, 1.82) is 0 Å². The van der Waals surface area contributed by atoms with Crippen molar-refractivity contribution in [2.24, 2.45) is 11.8 Å². The van der Waals surface area contributed by atoms with Gasteiger partial charge in [-0.15, -0.1) is 0 Å². The molecule has 0 bridgehead atoms. The number of benzene rings is 4. The van der Waals surface area contributed by atoms with Crippen LogP contribution in [0.25, 0.3) is 0 Å². The van der Waals surface area contributed by atoms with Gasteiger partial charge in [-0.2, -0.15) is 0 Å². The summed E-state index contributed by atoms with van der Waals surface area (Å²) < 4.78 is 20.3. The summed E-state index contributed by atoms with van der Waals surface area (Å²) in [4.78, 5) is 12.9. The molecule has 0 radical (unpaired) electrons.